The molecule has 1 heterocycles. The van der Waals surface area contributed by atoms with E-state index in [9.17, 15) is 9.59 Å². The molecule has 0 bridgehead atoms. The van der Waals surface area contributed by atoms with E-state index in [1.54, 1.807) is 20.8 Å². The van der Waals surface area contributed by atoms with Gasteiger partial charge in [-0.2, -0.15) is 0 Å². The van der Waals surface area contributed by atoms with Crippen LogP contribution in [0.3, 0.4) is 0 Å². The van der Waals surface area contributed by atoms with E-state index in [2.05, 4.69) is 6.58 Å². The van der Waals surface area contributed by atoms with E-state index >= 15 is 0 Å². The maximum Gasteiger partial charge on any atom is 0.411 e. The van der Waals surface area contributed by atoms with E-state index < -0.39 is 23.7 Å². The van der Waals surface area contributed by atoms with Crippen molar-refractivity contribution in [3.05, 3.63) is 12.2 Å². The molecule has 0 aromatic heterocycles. The summed E-state index contributed by atoms with van der Waals surface area (Å²) in [6.07, 6.45) is -0.543. The van der Waals surface area contributed by atoms with Crippen molar-refractivity contribution in [3.63, 3.8) is 0 Å². The lowest BCUT2D eigenvalue weighted by molar-refractivity contribution is -0.146. The fraction of sp³-hybridized carbons (Fsp3) is 0.765. The molecule has 0 aliphatic carbocycles. The van der Waals surface area contributed by atoms with Crippen molar-refractivity contribution < 1.29 is 28.5 Å². The molecule has 1 fully saturated rings. The molecule has 0 aromatic carbocycles. The molecule has 7 nitrogen and oxygen atoms in total. The van der Waals surface area contributed by atoms with Crippen LogP contribution in [0, 0.1) is 11.8 Å². The third kappa shape index (κ3) is 5.21. The number of amides is 1. The number of carbonyl (C=O) groups excluding carboxylic acids is 2. The Hall–Kier alpha value is -1.60. The number of carbonyl (C=O) groups is 2. The molecular weight excluding hydrogens is 314 g/mol. The lowest BCUT2D eigenvalue weighted by Crippen LogP contribution is -2.46. The molecule has 1 aliphatic rings. The number of hydrogen-bond donors (Lipinski definition) is 0. The van der Waals surface area contributed by atoms with Gasteiger partial charge >= 0.3 is 12.1 Å². The highest BCUT2D eigenvalue weighted by molar-refractivity contribution is 5.83. The van der Waals surface area contributed by atoms with Crippen molar-refractivity contribution in [2.24, 2.45) is 11.8 Å². The summed E-state index contributed by atoms with van der Waals surface area (Å²) in [6, 6.07) is -0.765. The molecule has 0 unspecified atom stereocenters. The van der Waals surface area contributed by atoms with E-state index in [4.69, 9.17) is 18.9 Å². The quantitative estimate of drug-likeness (QED) is 0.319. The highest BCUT2D eigenvalue weighted by atomic mass is 16.7. The number of esters is 1. The summed E-state index contributed by atoms with van der Waals surface area (Å²) >= 11 is 0. The van der Waals surface area contributed by atoms with E-state index in [0.717, 1.165) is 5.57 Å². The number of ether oxygens (including phenoxy) is 4. The van der Waals surface area contributed by atoms with Gasteiger partial charge < -0.3 is 18.9 Å². The standard InChI is InChI=1S/C17H29NO6/c1-11(2)13-12(9-23-10-21-6)8-18(14(13)15(19)22-7)16(20)24-17(3,4)5/h12-14H,1,8-10H2,2-7H3/t12-,13+,14+/m0/s1. The van der Waals surface area contributed by atoms with Gasteiger partial charge in [0.1, 0.15) is 18.4 Å². The highest BCUT2D eigenvalue weighted by Gasteiger charge is 2.49. The van der Waals surface area contributed by atoms with Gasteiger partial charge in [-0.25, -0.2) is 9.59 Å². The second-order valence-electron chi connectivity index (χ2n) is 7.01. The summed E-state index contributed by atoms with van der Waals surface area (Å²) in [6.45, 7) is 12.0. The first kappa shape index (κ1) is 20.4. The second kappa shape index (κ2) is 8.48. The van der Waals surface area contributed by atoms with Gasteiger partial charge in [0.15, 0.2) is 0 Å². The second-order valence-corrected chi connectivity index (χ2v) is 7.01. The summed E-state index contributed by atoms with van der Waals surface area (Å²) in [7, 11) is 2.84. The smallest absolute Gasteiger partial charge is 0.411 e. The molecule has 7 heteroatoms. The summed E-state index contributed by atoms with van der Waals surface area (Å²) in [4.78, 5) is 26.3. The molecule has 0 spiro atoms. The van der Waals surface area contributed by atoms with Gasteiger partial charge in [-0.05, 0) is 27.7 Å². The highest BCUT2D eigenvalue weighted by Crippen LogP contribution is 2.36. The zero-order valence-electron chi connectivity index (χ0n) is 15.5. The van der Waals surface area contributed by atoms with Gasteiger partial charge in [-0.1, -0.05) is 12.2 Å². The fourth-order valence-electron chi connectivity index (χ4n) is 2.95. The zero-order valence-corrected chi connectivity index (χ0v) is 15.5. The van der Waals surface area contributed by atoms with Gasteiger partial charge in [0, 0.05) is 25.5 Å². The van der Waals surface area contributed by atoms with Crippen molar-refractivity contribution in [2.75, 3.05) is 34.2 Å². The van der Waals surface area contributed by atoms with E-state index in [1.165, 1.54) is 19.1 Å². The largest absolute Gasteiger partial charge is 0.467 e. The van der Waals surface area contributed by atoms with Gasteiger partial charge in [0.25, 0.3) is 0 Å². The Labute approximate surface area is 143 Å². The molecule has 1 rings (SSSR count). The monoisotopic (exact) mass is 343 g/mol. The Morgan fingerprint density at radius 3 is 2.33 bits per heavy atom. The van der Waals surface area contributed by atoms with Crippen LogP contribution in [0.15, 0.2) is 12.2 Å². The van der Waals surface area contributed by atoms with Crippen LogP contribution in [-0.4, -0.2) is 62.8 Å². The Bertz CT molecular complexity index is 470. The third-order valence-electron chi connectivity index (χ3n) is 3.79. The predicted octanol–water partition coefficient (Wildman–Crippen LogP) is 2.21. The first-order chi connectivity index (χ1) is 11.1. The van der Waals surface area contributed by atoms with E-state index in [0.29, 0.717) is 13.2 Å². The first-order valence-corrected chi connectivity index (χ1v) is 7.92. The van der Waals surface area contributed by atoms with Gasteiger partial charge in [0.05, 0.1) is 13.7 Å². The maximum atomic E-state index is 12.5. The van der Waals surface area contributed by atoms with Crippen molar-refractivity contribution >= 4 is 12.1 Å². The SMILES string of the molecule is C=C(C)[C@@H]1[C@H](COCOC)CN(C(=O)OC(C)(C)C)[C@H]1C(=O)OC. The van der Waals surface area contributed by atoms with Gasteiger partial charge in [0.2, 0.25) is 0 Å². The van der Waals surface area contributed by atoms with Gasteiger partial charge in [-0.15, -0.1) is 0 Å². The van der Waals surface area contributed by atoms with Crippen LogP contribution in [0.2, 0.25) is 0 Å². The molecule has 1 aliphatic heterocycles. The summed E-state index contributed by atoms with van der Waals surface area (Å²) in [5.74, 6) is -0.834. The Balaban J connectivity index is 3.04. The van der Waals surface area contributed by atoms with Crippen molar-refractivity contribution in [3.8, 4) is 0 Å². The van der Waals surface area contributed by atoms with Crippen LogP contribution in [-0.2, 0) is 23.7 Å². The molecule has 1 saturated heterocycles. The van der Waals surface area contributed by atoms with Crippen molar-refractivity contribution in [2.45, 2.75) is 39.3 Å². The van der Waals surface area contributed by atoms with Crippen LogP contribution < -0.4 is 0 Å². The van der Waals surface area contributed by atoms with Crippen LogP contribution in [0.25, 0.3) is 0 Å². The molecule has 0 aromatic rings. The minimum absolute atomic E-state index is 0.0886. The van der Waals surface area contributed by atoms with Crippen LogP contribution in [0.5, 0.6) is 0 Å². The lowest BCUT2D eigenvalue weighted by atomic mass is 9.85. The zero-order chi connectivity index (χ0) is 18.5. The molecule has 1 amide bonds. The average molecular weight is 343 g/mol. The number of hydrogen-bond acceptors (Lipinski definition) is 6. The molecule has 3 atom stereocenters. The van der Waals surface area contributed by atoms with Crippen LogP contribution in [0.4, 0.5) is 4.79 Å². The third-order valence-corrected chi connectivity index (χ3v) is 3.79. The van der Waals surface area contributed by atoms with Crippen molar-refractivity contribution in [1.82, 2.24) is 4.90 Å². The molecular formula is C17H29NO6. The Morgan fingerprint density at radius 1 is 1.25 bits per heavy atom. The predicted molar refractivity (Wildman–Crippen MR) is 88.4 cm³/mol. The Morgan fingerprint density at radius 2 is 1.88 bits per heavy atom. The summed E-state index contributed by atoms with van der Waals surface area (Å²) in [5, 5.41) is 0. The average Bonchev–Trinajstić information content (AvgIpc) is 2.84. The maximum absolute atomic E-state index is 12.5. The molecule has 0 N–H and O–H groups in total. The topological polar surface area (TPSA) is 74.3 Å². The van der Waals surface area contributed by atoms with Crippen molar-refractivity contribution in [1.29, 1.82) is 0 Å². The van der Waals surface area contributed by atoms with Crippen LogP contribution >= 0.6 is 0 Å². The fourth-order valence-corrected chi connectivity index (χ4v) is 2.95. The minimum atomic E-state index is -0.765. The summed E-state index contributed by atoms with van der Waals surface area (Å²) < 4.78 is 20.7. The number of rotatable bonds is 6. The van der Waals surface area contributed by atoms with Gasteiger partial charge in [-0.3, -0.25) is 4.90 Å². The normalized spacial score (nSPS) is 23.9. The minimum Gasteiger partial charge on any atom is -0.467 e. The van der Waals surface area contributed by atoms with E-state index in [1.807, 2.05) is 6.92 Å². The number of nitrogens with zero attached hydrogens (tertiary/aromatic N) is 1. The first-order valence-electron chi connectivity index (χ1n) is 7.92. The molecule has 0 saturated carbocycles. The summed E-state index contributed by atoms with van der Waals surface area (Å²) in [5.41, 5.74) is 0.142. The molecule has 138 valence electrons. The number of methoxy groups -OCH3 is 2. The van der Waals surface area contributed by atoms with Crippen LogP contribution in [0.1, 0.15) is 27.7 Å². The lowest BCUT2D eigenvalue weighted by Gasteiger charge is -2.29. The molecule has 0 radical (unpaired) electrons. The molecule has 24 heavy (non-hydrogen) atoms. The Kier molecular flexibility index (Phi) is 7.23. The van der Waals surface area contributed by atoms with E-state index in [-0.39, 0.29) is 18.6 Å². The number of likely N-dealkylation sites (tertiary alicyclic amines) is 1.